The molecule has 0 heterocycles. The van der Waals surface area contributed by atoms with Crippen molar-refractivity contribution in [2.45, 2.75) is 13.0 Å². The smallest absolute Gasteiger partial charge is 0.174 e. The molecule has 29 heavy (non-hydrogen) atoms. The predicted octanol–water partition coefficient (Wildman–Crippen LogP) is 5.27. The van der Waals surface area contributed by atoms with Gasteiger partial charge in [-0.2, -0.15) is 0 Å². The lowest BCUT2D eigenvalue weighted by atomic mass is 9.94. The van der Waals surface area contributed by atoms with Gasteiger partial charge >= 0.3 is 0 Å². The molecule has 0 radical (unpaired) electrons. The number of carbonyl (C=O) groups is 2. The first-order valence-corrected chi connectivity index (χ1v) is 10.1. The zero-order valence-electron chi connectivity index (χ0n) is 15.9. The predicted molar refractivity (Wildman–Crippen MR) is 114 cm³/mol. The number of halogens is 1. The Morgan fingerprint density at radius 2 is 1.76 bits per heavy atom. The topological polar surface area (TPSA) is 52.6 Å². The summed E-state index contributed by atoms with van der Waals surface area (Å²) in [6, 6.07) is 20.4. The van der Waals surface area contributed by atoms with Crippen LogP contribution in [0.5, 0.6) is 11.5 Å². The third-order valence-corrected chi connectivity index (χ3v) is 5.61. The molecule has 0 amide bonds. The van der Waals surface area contributed by atoms with Crippen molar-refractivity contribution in [2.75, 3.05) is 7.11 Å². The average Bonchev–Trinajstić information content (AvgIpc) is 3.07. The molecule has 0 spiro atoms. The SMILES string of the molecule is COc1cc2c(cc1OCc1ccccc1)CC(C(=O)c1ccc(Br)cc1)C2=O. The first kappa shape index (κ1) is 19.4. The van der Waals surface area contributed by atoms with E-state index >= 15 is 0 Å². The van der Waals surface area contributed by atoms with E-state index in [1.54, 1.807) is 37.4 Å². The van der Waals surface area contributed by atoms with E-state index in [2.05, 4.69) is 15.9 Å². The number of Topliss-reactive ketones (excluding diaryl/α,β-unsaturated/α-hetero) is 2. The number of hydrogen-bond donors (Lipinski definition) is 0. The van der Waals surface area contributed by atoms with Gasteiger partial charge in [0.2, 0.25) is 0 Å². The van der Waals surface area contributed by atoms with Crippen LogP contribution in [0.3, 0.4) is 0 Å². The van der Waals surface area contributed by atoms with Crippen LogP contribution in [0.1, 0.15) is 31.8 Å². The third kappa shape index (κ3) is 3.96. The van der Waals surface area contributed by atoms with Gasteiger partial charge in [-0.15, -0.1) is 0 Å². The first-order chi connectivity index (χ1) is 14.1. The van der Waals surface area contributed by atoms with Crippen LogP contribution in [-0.4, -0.2) is 18.7 Å². The highest BCUT2D eigenvalue weighted by atomic mass is 79.9. The van der Waals surface area contributed by atoms with Crippen LogP contribution in [0.4, 0.5) is 0 Å². The number of hydrogen-bond acceptors (Lipinski definition) is 4. The Morgan fingerprint density at radius 3 is 2.45 bits per heavy atom. The van der Waals surface area contributed by atoms with Crippen molar-refractivity contribution in [3.05, 3.63) is 93.5 Å². The highest BCUT2D eigenvalue weighted by Crippen LogP contribution is 2.38. The fourth-order valence-corrected chi connectivity index (χ4v) is 3.80. The summed E-state index contributed by atoms with van der Waals surface area (Å²) in [5, 5.41) is 0. The van der Waals surface area contributed by atoms with Gasteiger partial charge in [0, 0.05) is 15.6 Å². The quantitative estimate of drug-likeness (QED) is 0.378. The number of ether oxygens (including phenoxy) is 2. The molecule has 146 valence electrons. The van der Waals surface area contributed by atoms with Crippen molar-refractivity contribution in [3.63, 3.8) is 0 Å². The highest BCUT2D eigenvalue weighted by molar-refractivity contribution is 9.10. The summed E-state index contributed by atoms with van der Waals surface area (Å²) in [6.07, 6.45) is 0.370. The van der Waals surface area contributed by atoms with Gasteiger partial charge < -0.3 is 9.47 Å². The van der Waals surface area contributed by atoms with Crippen LogP contribution in [0, 0.1) is 5.92 Å². The van der Waals surface area contributed by atoms with Crippen molar-refractivity contribution >= 4 is 27.5 Å². The van der Waals surface area contributed by atoms with Gasteiger partial charge in [0.25, 0.3) is 0 Å². The van der Waals surface area contributed by atoms with Crippen LogP contribution >= 0.6 is 15.9 Å². The van der Waals surface area contributed by atoms with Gasteiger partial charge in [-0.05, 0) is 41.8 Å². The number of carbonyl (C=O) groups excluding carboxylic acids is 2. The average molecular weight is 451 g/mol. The Labute approximate surface area is 177 Å². The van der Waals surface area contributed by atoms with E-state index in [0.717, 1.165) is 15.6 Å². The van der Waals surface area contributed by atoms with Crippen molar-refractivity contribution in [1.82, 2.24) is 0 Å². The maximum absolute atomic E-state index is 12.9. The Hall–Kier alpha value is -2.92. The first-order valence-electron chi connectivity index (χ1n) is 9.28. The van der Waals surface area contributed by atoms with Crippen LogP contribution < -0.4 is 9.47 Å². The van der Waals surface area contributed by atoms with E-state index in [1.165, 1.54) is 0 Å². The number of methoxy groups -OCH3 is 1. The van der Waals surface area contributed by atoms with E-state index in [-0.39, 0.29) is 11.6 Å². The molecule has 1 aliphatic carbocycles. The maximum atomic E-state index is 12.9. The molecule has 0 aromatic heterocycles. The monoisotopic (exact) mass is 450 g/mol. The molecule has 0 saturated carbocycles. The van der Waals surface area contributed by atoms with E-state index in [0.29, 0.717) is 35.7 Å². The minimum absolute atomic E-state index is 0.163. The standard InChI is InChI=1S/C24H19BrO4/c1-28-21-13-19-17(12-22(21)29-14-15-5-3-2-4-6-15)11-20(24(19)27)23(26)16-7-9-18(25)10-8-16/h2-10,12-13,20H,11,14H2,1H3. The second-order valence-electron chi connectivity index (χ2n) is 6.93. The summed E-state index contributed by atoms with van der Waals surface area (Å²) < 4.78 is 12.3. The Morgan fingerprint density at radius 1 is 1.03 bits per heavy atom. The van der Waals surface area contributed by atoms with Gasteiger partial charge in [0.05, 0.1) is 13.0 Å². The molecule has 0 saturated heterocycles. The maximum Gasteiger partial charge on any atom is 0.174 e. The third-order valence-electron chi connectivity index (χ3n) is 5.08. The van der Waals surface area contributed by atoms with Gasteiger partial charge in [0.1, 0.15) is 6.61 Å². The van der Waals surface area contributed by atoms with E-state index in [4.69, 9.17) is 9.47 Å². The number of benzene rings is 3. The Kier molecular flexibility index (Phi) is 5.49. The van der Waals surface area contributed by atoms with Gasteiger partial charge in [-0.3, -0.25) is 9.59 Å². The van der Waals surface area contributed by atoms with Crippen LogP contribution in [0.25, 0.3) is 0 Å². The molecule has 3 aromatic rings. The second-order valence-corrected chi connectivity index (χ2v) is 7.84. The molecule has 0 fully saturated rings. The van der Waals surface area contributed by atoms with E-state index in [1.807, 2.05) is 36.4 Å². The largest absolute Gasteiger partial charge is 0.493 e. The molecular weight excluding hydrogens is 432 g/mol. The molecule has 1 unspecified atom stereocenters. The summed E-state index contributed by atoms with van der Waals surface area (Å²) in [5.74, 6) is 0.0231. The zero-order chi connectivity index (χ0) is 20.4. The van der Waals surface area contributed by atoms with Crippen LogP contribution in [0.15, 0.2) is 71.2 Å². The van der Waals surface area contributed by atoms with Gasteiger partial charge in [-0.25, -0.2) is 0 Å². The Balaban J connectivity index is 1.58. The van der Waals surface area contributed by atoms with Gasteiger partial charge in [0.15, 0.2) is 23.1 Å². The van der Waals surface area contributed by atoms with E-state index in [9.17, 15) is 9.59 Å². The van der Waals surface area contributed by atoms with E-state index < -0.39 is 5.92 Å². The molecular formula is C24H19BrO4. The summed E-state index contributed by atoms with van der Waals surface area (Å²) in [4.78, 5) is 25.8. The molecule has 1 aliphatic rings. The van der Waals surface area contributed by atoms with Crippen molar-refractivity contribution in [1.29, 1.82) is 0 Å². The molecule has 1 atom stereocenters. The summed E-state index contributed by atoms with van der Waals surface area (Å²) in [6.45, 7) is 0.394. The second kappa shape index (κ2) is 8.21. The number of ketones is 2. The fraction of sp³-hybridized carbons (Fsp3) is 0.167. The summed E-state index contributed by atoms with van der Waals surface area (Å²) >= 11 is 3.36. The van der Waals surface area contributed by atoms with Gasteiger partial charge in [-0.1, -0.05) is 58.4 Å². The summed E-state index contributed by atoms with van der Waals surface area (Å²) in [7, 11) is 1.54. The van der Waals surface area contributed by atoms with Crippen LogP contribution in [-0.2, 0) is 13.0 Å². The minimum Gasteiger partial charge on any atom is -0.493 e. The Bertz CT molecular complexity index is 1060. The molecule has 4 nitrogen and oxygen atoms in total. The van der Waals surface area contributed by atoms with Crippen molar-refractivity contribution in [3.8, 4) is 11.5 Å². The molecule has 5 heteroatoms. The molecule has 0 aliphatic heterocycles. The highest BCUT2D eigenvalue weighted by Gasteiger charge is 2.37. The molecule has 0 N–H and O–H groups in total. The number of fused-ring (bicyclic) bond motifs is 1. The molecule has 4 rings (SSSR count). The number of rotatable bonds is 6. The summed E-state index contributed by atoms with van der Waals surface area (Å²) in [5.41, 5.74) is 2.92. The minimum atomic E-state index is -0.708. The molecule has 3 aromatic carbocycles. The van der Waals surface area contributed by atoms with Crippen molar-refractivity contribution in [2.24, 2.45) is 5.92 Å². The normalized spacial score (nSPS) is 15.1. The fourth-order valence-electron chi connectivity index (χ4n) is 3.54. The zero-order valence-corrected chi connectivity index (χ0v) is 17.4. The molecule has 0 bridgehead atoms. The lowest BCUT2D eigenvalue weighted by Gasteiger charge is -2.12. The lowest BCUT2D eigenvalue weighted by molar-refractivity contribution is 0.0822. The van der Waals surface area contributed by atoms with Crippen molar-refractivity contribution < 1.29 is 19.1 Å². The lowest BCUT2D eigenvalue weighted by Crippen LogP contribution is -2.20. The van der Waals surface area contributed by atoms with Crippen LogP contribution in [0.2, 0.25) is 0 Å².